The summed E-state index contributed by atoms with van der Waals surface area (Å²) < 4.78 is 5.37. The van der Waals surface area contributed by atoms with Gasteiger partial charge in [0.15, 0.2) is 0 Å². The van der Waals surface area contributed by atoms with Crippen LogP contribution in [0.3, 0.4) is 0 Å². The van der Waals surface area contributed by atoms with E-state index in [1.54, 1.807) is 11.9 Å². The molecule has 0 bridgehead atoms. The third-order valence-corrected chi connectivity index (χ3v) is 4.95. The van der Waals surface area contributed by atoms with E-state index in [2.05, 4.69) is 21.5 Å². The lowest BCUT2D eigenvalue weighted by atomic mass is 10.2. The standard InChI is InChI=1S/C19H22N4OS/c1-24-17-12-6-7-13-18(17)25-15-9-3-8-14-23-21-19(20-22-23)16-10-4-2-5-11-16/h2,4-7,10-13H,3,8-9,14-15H2,1H3. The topological polar surface area (TPSA) is 52.8 Å². The number of tetrazole rings is 1. The molecule has 0 saturated carbocycles. The highest BCUT2D eigenvalue weighted by molar-refractivity contribution is 7.99. The third-order valence-electron chi connectivity index (χ3n) is 3.81. The predicted octanol–water partition coefficient (Wildman–Crippen LogP) is 4.31. The summed E-state index contributed by atoms with van der Waals surface area (Å²) in [5.74, 6) is 2.72. The summed E-state index contributed by atoms with van der Waals surface area (Å²) in [5.41, 5.74) is 1.00. The summed E-state index contributed by atoms with van der Waals surface area (Å²) in [5, 5.41) is 12.7. The van der Waals surface area contributed by atoms with Gasteiger partial charge < -0.3 is 4.74 Å². The van der Waals surface area contributed by atoms with Crippen LogP contribution in [0.1, 0.15) is 19.3 Å². The zero-order valence-corrected chi connectivity index (χ0v) is 15.2. The van der Waals surface area contributed by atoms with Crippen LogP contribution in [0.15, 0.2) is 59.5 Å². The quantitative estimate of drug-likeness (QED) is 0.423. The maximum atomic E-state index is 5.37. The van der Waals surface area contributed by atoms with Gasteiger partial charge in [-0.3, -0.25) is 0 Å². The number of aromatic nitrogens is 4. The van der Waals surface area contributed by atoms with E-state index in [4.69, 9.17) is 4.74 Å². The second kappa shape index (κ2) is 9.22. The van der Waals surface area contributed by atoms with Gasteiger partial charge in [-0.15, -0.1) is 22.0 Å². The van der Waals surface area contributed by atoms with Crippen molar-refractivity contribution >= 4 is 11.8 Å². The first-order valence-corrected chi connectivity index (χ1v) is 9.44. The minimum atomic E-state index is 0.687. The summed E-state index contributed by atoms with van der Waals surface area (Å²) in [6, 6.07) is 18.1. The van der Waals surface area contributed by atoms with Crippen molar-refractivity contribution in [1.82, 2.24) is 20.2 Å². The van der Waals surface area contributed by atoms with Crippen molar-refractivity contribution in [2.75, 3.05) is 12.9 Å². The van der Waals surface area contributed by atoms with Crippen molar-refractivity contribution in [2.24, 2.45) is 0 Å². The molecule has 0 aliphatic carbocycles. The van der Waals surface area contributed by atoms with Crippen molar-refractivity contribution in [3.8, 4) is 17.1 Å². The summed E-state index contributed by atoms with van der Waals surface area (Å²) in [6.45, 7) is 0.805. The second-order valence-electron chi connectivity index (χ2n) is 5.63. The molecule has 0 spiro atoms. The zero-order chi connectivity index (χ0) is 17.3. The Bertz CT molecular complexity index is 776. The van der Waals surface area contributed by atoms with E-state index in [0.717, 1.165) is 42.9 Å². The Morgan fingerprint density at radius 1 is 0.960 bits per heavy atom. The molecular formula is C19H22N4OS. The van der Waals surface area contributed by atoms with Gasteiger partial charge in [-0.2, -0.15) is 4.80 Å². The predicted molar refractivity (Wildman–Crippen MR) is 101 cm³/mol. The van der Waals surface area contributed by atoms with E-state index >= 15 is 0 Å². The monoisotopic (exact) mass is 354 g/mol. The van der Waals surface area contributed by atoms with Gasteiger partial charge in [-0.05, 0) is 35.9 Å². The van der Waals surface area contributed by atoms with Gasteiger partial charge in [-0.25, -0.2) is 0 Å². The molecule has 0 aliphatic rings. The molecule has 0 N–H and O–H groups in total. The van der Waals surface area contributed by atoms with Crippen LogP contribution in [-0.2, 0) is 6.54 Å². The molecule has 1 heterocycles. The van der Waals surface area contributed by atoms with Crippen LogP contribution in [0.5, 0.6) is 5.75 Å². The van der Waals surface area contributed by atoms with Crippen molar-refractivity contribution < 1.29 is 4.74 Å². The van der Waals surface area contributed by atoms with Crippen molar-refractivity contribution in [3.63, 3.8) is 0 Å². The third kappa shape index (κ3) is 5.06. The van der Waals surface area contributed by atoms with Crippen molar-refractivity contribution in [1.29, 1.82) is 0 Å². The summed E-state index contributed by atoms with van der Waals surface area (Å²) in [7, 11) is 1.72. The average molecular weight is 354 g/mol. The van der Waals surface area contributed by atoms with Gasteiger partial charge in [0.25, 0.3) is 0 Å². The highest BCUT2D eigenvalue weighted by atomic mass is 32.2. The second-order valence-corrected chi connectivity index (χ2v) is 6.77. The maximum Gasteiger partial charge on any atom is 0.204 e. The first-order valence-electron chi connectivity index (χ1n) is 8.46. The molecule has 0 fully saturated rings. The summed E-state index contributed by atoms with van der Waals surface area (Å²) >= 11 is 1.84. The number of aryl methyl sites for hydroxylation is 1. The van der Waals surface area contributed by atoms with Crippen LogP contribution in [0.4, 0.5) is 0 Å². The van der Waals surface area contributed by atoms with Crippen LogP contribution < -0.4 is 4.74 Å². The number of nitrogens with zero attached hydrogens (tertiary/aromatic N) is 4. The van der Waals surface area contributed by atoms with E-state index in [0.29, 0.717) is 5.82 Å². The molecule has 0 saturated heterocycles. The Morgan fingerprint density at radius 2 is 1.76 bits per heavy atom. The molecule has 6 heteroatoms. The number of benzene rings is 2. The molecule has 3 rings (SSSR count). The van der Waals surface area contributed by atoms with Gasteiger partial charge in [-0.1, -0.05) is 48.9 Å². The molecule has 130 valence electrons. The largest absolute Gasteiger partial charge is 0.496 e. The SMILES string of the molecule is COc1ccccc1SCCCCCn1nnc(-c2ccccc2)n1. The fraction of sp³-hybridized carbons (Fsp3) is 0.316. The number of para-hydroxylation sites is 1. The maximum absolute atomic E-state index is 5.37. The normalized spacial score (nSPS) is 10.8. The first-order chi connectivity index (χ1) is 12.4. The van der Waals surface area contributed by atoms with Gasteiger partial charge in [0, 0.05) is 10.5 Å². The van der Waals surface area contributed by atoms with Crippen LogP contribution in [0, 0.1) is 0 Å². The molecule has 0 atom stereocenters. The zero-order valence-electron chi connectivity index (χ0n) is 14.3. The lowest BCUT2D eigenvalue weighted by Crippen LogP contribution is -2.02. The number of methoxy groups -OCH3 is 1. The first kappa shape index (κ1) is 17.5. The Morgan fingerprint density at radius 3 is 2.60 bits per heavy atom. The van der Waals surface area contributed by atoms with Gasteiger partial charge in [0.05, 0.1) is 13.7 Å². The molecule has 0 amide bonds. The Labute approximate surface area is 152 Å². The van der Waals surface area contributed by atoms with E-state index < -0.39 is 0 Å². The van der Waals surface area contributed by atoms with Crippen molar-refractivity contribution in [3.05, 3.63) is 54.6 Å². The van der Waals surface area contributed by atoms with Gasteiger partial charge in [0.2, 0.25) is 5.82 Å². The molecule has 25 heavy (non-hydrogen) atoms. The molecule has 2 aromatic carbocycles. The minimum Gasteiger partial charge on any atom is -0.496 e. The van der Waals surface area contributed by atoms with E-state index in [1.807, 2.05) is 60.3 Å². The highest BCUT2D eigenvalue weighted by Crippen LogP contribution is 2.29. The molecule has 1 aromatic heterocycles. The Kier molecular flexibility index (Phi) is 6.45. The number of rotatable bonds is 9. The fourth-order valence-corrected chi connectivity index (χ4v) is 3.53. The summed E-state index contributed by atoms with van der Waals surface area (Å²) in [6.07, 6.45) is 3.35. The molecule has 0 aliphatic heterocycles. The number of unbranched alkanes of at least 4 members (excludes halogenated alkanes) is 2. The van der Waals surface area contributed by atoms with Crippen molar-refractivity contribution in [2.45, 2.75) is 30.7 Å². The number of ether oxygens (including phenoxy) is 1. The van der Waals surface area contributed by atoms with E-state index in [9.17, 15) is 0 Å². The number of hydrogen-bond donors (Lipinski definition) is 0. The number of thioether (sulfide) groups is 1. The van der Waals surface area contributed by atoms with E-state index in [-0.39, 0.29) is 0 Å². The Hall–Kier alpha value is -2.34. The van der Waals surface area contributed by atoms with Crippen LogP contribution in [-0.4, -0.2) is 33.1 Å². The molecular weight excluding hydrogens is 332 g/mol. The highest BCUT2D eigenvalue weighted by Gasteiger charge is 2.05. The molecule has 3 aromatic rings. The molecule has 0 unspecified atom stereocenters. The minimum absolute atomic E-state index is 0.687. The van der Waals surface area contributed by atoms with E-state index in [1.165, 1.54) is 4.90 Å². The lowest BCUT2D eigenvalue weighted by molar-refractivity contribution is 0.405. The van der Waals surface area contributed by atoms with Crippen LogP contribution in [0.25, 0.3) is 11.4 Å². The smallest absolute Gasteiger partial charge is 0.204 e. The van der Waals surface area contributed by atoms with Gasteiger partial charge in [0.1, 0.15) is 5.75 Å². The lowest BCUT2D eigenvalue weighted by Gasteiger charge is -2.07. The summed E-state index contributed by atoms with van der Waals surface area (Å²) in [4.78, 5) is 2.89. The average Bonchev–Trinajstić information content (AvgIpc) is 3.14. The van der Waals surface area contributed by atoms with Crippen LogP contribution >= 0.6 is 11.8 Å². The molecule has 0 radical (unpaired) electrons. The van der Waals surface area contributed by atoms with Gasteiger partial charge >= 0.3 is 0 Å². The molecule has 5 nitrogen and oxygen atoms in total. The fourth-order valence-electron chi connectivity index (χ4n) is 2.49. The Balaban J connectivity index is 1.37. The number of hydrogen-bond acceptors (Lipinski definition) is 5. The van der Waals surface area contributed by atoms with Crippen LogP contribution in [0.2, 0.25) is 0 Å².